The lowest BCUT2D eigenvalue weighted by Gasteiger charge is -2.11. The summed E-state index contributed by atoms with van der Waals surface area (Å²) in [7, 11) is 0. The minimum atomic E-state index is 0.548. The van der Waals surface area contributed by atoms with Gasteiger partial charge in [-0.2, -0.15) is 0 Å². The van der Waals surface area contributed by atoms with Crippen molar-refractivity contribution in [2.75, 3.05) is 6.54 Å². The first kappa shape index (κ1) is 15.6. The second-order valence-corrected chi connectivity index (χ2v) is 5.69. The summed E-state index contributed by atoms with van der Waals surface area (Å²) in [4.78, 5) is 0. The van der Waals surface area contributed by atoms with Crippen molar-refractivity contribution in [3.63, 3.8) is 0 Å². The van der Waals surface area contributed by atoms with E-state index in [1.807, 2.05) is 18.2 Å². The van der Waals surface area contributed by atoms with E-state index in [1.165, 1.54) is 16.7 Å². The van der Waals surface area contributed by atoms with E-state index < -0.39 is 0 Å². The summed E-state index contributed by atoms with van der Waals surface area (Å²) in [5.41, 5.74) is 3.91. The molecule has 0 saturated heterocycles. The molecule has 21 heavy (non-hydrogen) atoms. The average Bonchev–Trinajstić information content (AvgIpc) is 2.47. The zero-order chi connectivity index (χ0) is 15.2. The molecule has 0 heterocycles. The normalized spacial score (nSPS) is 10.9. The molecule has 0 radical (unpaired) electrons. The van der Waals surface area contributed by atoms with Crippen LogP contribution in [0.4, 0.5) is 0 Å². The third-order valence-corrected chi connectivity index (χ3v) is 3.66. The molecule has 2 nitrogen and oxygen atoms in total. The first-order chi connectivity index (χ1) is 10.1. The van der Waals surface area contributed by atoms with Crippen molar-refractivity contribution in [1.29, 1.82) is 0 Å². The number of rotatable bonds is 6. The van der Waals surface area contributed by atoms with Crippen LogP contribution in [0.3, 0.4) is 0 Å². The van der Waals surface area contributed by atoms with Crippen LogP contribution >= 0.6 is 0 Å². The number of aryl methyl sites for hydroxylation is 1. The molecule has 0 aromatic heterocycles. The van der Waals surface area contributed by atoms with Crippen molar-refractivity contribution in [3.8, 4) is 11.5 Å². The zero-order valence-corrected chi connectivity index (χ0v) is 13.4. The van der Waals surface area contributed by atoms with Gasteiger partial charge < -0.3 is 10.1 Å². The fraction of sp³-hybridized carbons (Fsp3) is 0.368. The third-order valence-electron chi connectivity index (χ3n) is 3.66. The minimum absolute atomic E-state index is 0.548. The van der Waals surface area contributed by atoms with Gasteiger partial charge in [-0.15, -0.1) is 0 Å². The monoisotopic (exact) mass is 283 g/mol. The molecule has 0 fully saturated rings. The zero-order valence-electron chi connectivity index (χ0n) is 13.4. The summed E-state index contributed by atoms with van der Waals surface area (Å²) in [6, 6.07) is 14.6. The minimum Gasteiger partial charge on any atom is -0.457 e. The van der Waals surface area contributed by atoms with E-state index in [0.717, 1.165) is 24.6 Å². The Hall–Kier alpha value is -1.80. The molecule has 112 valence electrons. The molecule has 0 amide bonds. The molecule has 0 bridgehead atoms. The predicted octanol–water partition coefficient (Wildman–Crippen LogP) is 5.02. The van der Waals surface area contributed by atoms with E-state index >= 15 is 0 Å². The predicted molar refractivity (Wildman–Crippen MR) is 89.2 cm³/mol. The van der Waals surface area contributed by atoms with Crippen molar-refractivity contribution in [2.24, 2.45) is 0 Å². The highest BCUT2D eigenvalue weighted by atomic mass is 16.5. The van der Waals surface area contributed by atoms with E-state index in [2.05, 4.69) is 57.3 Å². The summed E-state index contributed by atoms with van der Waals surface area (Å²) >= 11 is 0. The van der Waals surface area contributed by atoms with Gasteiger partial charge in [0.2, 0.25) is 0 Å². The SMILES string of the molecule is CCNCc1ccc(Oc2ccc(C(C)C)cc2)cc1C. The van der Waals surface area contributed by atoms with E-state index in [9.17, 15) is 0 Å². The van der Waals surface area contributed by atoms with Gasteiger partial charge in [-0.3, -0.25) is 0 Å². The molecule has 2 heteroatoms. The summed E-state index contributed by atoms with van der Waals surface area (Å²) in [6.45, 7) is 10.5. The van der Waals surface area contributed by atoms with Gasteiger partial charge in [0.1, 0.15) is 11.5 Å². The summed E-state index contributed by atoms with van der Waals surface area (Å²) in [6.07, 6.45) is 0. The Bertz CT molecular complexity index is 573. The van der Waals surface area contributed by atoms with Gasteiger partial charge in [0, 0.05) is 6.54 Å². The van der Waals surface area contributed by atoms with Crippen molar-refractivity contribution >= 4 is 0 Å². The number of hydrogen-bond donors (Lipinski definition) is 1. The average molecular weight is 283 g/mol. The molecule has 1 N–H and O–H groups in total. The topological polar surface area (TPSA) is 21.3 Å². The summed E-state index contributed by atoms with van der Waals surface area (Å²) in [5, 5.41) is 3.35. The van der Waals surface area contributed by atoms with Gasteiger partial charge in [0.15, 0.2) is 0 Å². The summed E-state index contributed by atoms with van der Waals surface area (Å²) < 4.78 is 5.93. The fourth-order valence-electron chi connectivity index (χ4n) is 2.25. The van der Waals surface area contributed by atoms with Gasteiger partial charge in [-0.25, -0.2) is 0 Å². The molecule has 2 rings (SSSR count). The lowest BCUT2D eigenvalue weighted by Crippen LogP contribution is -2.12. The maximum Gasteiger partial charge on any atom is 0.127 e. The Morgan fingerprint density at radius 1 is 1.00 bits per heavy atom. The van der Waals surface area contributed by atoms with Crippen molar-refractivity contribution in [2.45, 2.75) is 40.2 Å². The first-order valence-electron chi connectivity index (χ1n) is 7.68. The molecule has 0 aliphatic carbocycles. The first-order valence-corrected chi connectivity index (χ1v) is 7.68. The lowest BCUT2D eigenvalue weighted by molar-refractivity contribution is 0.481. The van der Waals surface area contributed by atoms with Crippen molar-refractivity contribution in [3.05, 3.63) is 59.2 Å². The van der Waals surface area contributed by atoms with Crippen LogP contribution in [0.5, 0.6) is 11.5 Å². The van der Waals surface area contributed by atoms with E-state index in [-0.39, 0.29) is 0 Å². The quantitative estimate of drug-likeness (QED) is 0.803. The Morgan fingerprint density at radius 3 is 2.24 bits per heavy atom. The molecule has 0 unspecified atom stereocenters. The molecule has 2 aromatic carbocycles. The van der Waals surface area contributed by atoms with Crippen molar-refractivity contribution < 1.29 is 4.74 Å². The highest BCUT2D eigenvalue weighted by molar-refractivity contribution is 5.38. The molecule has 0 saturated carbocycles. The summed E-state index contributed by atoms with van der Waals surface area (Å²) in [5.74, 6) is 2.33. The van der Waals surface area contributed by atoms with Gasteiger partial charge in [0.05, 0.1) is 0 Å². The molecule has 0 atom stereocenters. The Morgan fingerprint density at radius 2 is 1.67 bits per heavy atom. The Labute approximate surface area is 128 Å². The fourth-order valence-corrected chi connectivity index (χ4v) is 2.25. The van der Waals surface area contributed by atoms with Crippen LogP contribution in [-0.4, -0.2) is 6.54 Å². The second kappa shape index (κ2) is 7.28. The molecule has 2 aromatic rings. The molecular formula is C19H25NO. The molecular weight excluding hydrogens is 258 g/mol. The second-order valence-electron chi connectivity index (χ2n) is 5.69. The van der Waals surface area contributed by atoms with Gasteiger partial charge in [-0.1, -0.05) is 39.0 Å². The highest BCUT2D eigenvalue weighted by Crippen LogP contribution is 2.25. The van der Waals surface area contributed by atoms with Crippen LogP contribution in [0.15, 0.2) is 42.5 Å². The van der Waals surface area contributed by atoms with Crippen LogP contribution in [0.2, 0.25) is 0 Å². The van der Waals surface area contributed by atoms with Crippen LogP contribution < -0.4 is 10.1 Å². The molecule has 0 spiro atoms. The number of nitrogens with one attached hydrogen (secondary N) is 1. The standard InChI is InChI=1S/C19H25NO/c1-5-20-13-17-8-11-19(12-15(17)4)21-18-9-6-16(7-10-18)14(2)3/h6-12,14,20H,5,13H2,1-4H3. The number of benzene rings is 2. The number of hydrogen-bond acceptors (Lipinski definition) is 2. The van der Waals surface area contributed by atoms with Crippen LogP contribution in [0, 0.1) is 6.92 Å². The van der Waals surface area contributed by atoms with Crippen LogP contribution in [0.25, 0.3) is 0 Å². The van der Waals surface area contributed by atoms with E-state index in [4.69, 9.17) is 4.74 Å². The van der Waals surface area contributed by atoms with Gasteiger partial charge >= 0.3 is 0 Å². The van der Waals surface area contributed by atoms with Crippen LogP contribution in [-0.2, 0) is 6.54 Å². The lowest BCUT2D eigenvalue weighted by atomic mass is 10.0. The van der Waals surface area contributed by atoms with Gasteiger partial charge in [0.25, 0.3) is 0 Å². The van der Waals surface area contributed by atoms with Crippen molar-refractivity contribution in [1.82, 2.24) is 5.32 Å². The largest absolute Gasteiger partial charge is 0.457 e. The van der Waals surface area contributed by atoms with E-state index in [1.54, 1.807) is 0 Å². The smallest absolute Gasteiger partial charge is 0.127 e. The van der Waals surface area contributed by atoms with Gasteiger partial charge in [-0.05, 0) is 60.3 Å². The number of ether oxygens (including phenoxy) is 1. The highest BCUT2D eigenvalue weighted by Gasteiger charge is 2.03. The molecule has 0 aliphatic heterocycles. The Kier molecular flexibility index (Phi) is 5.40. The molecule has 0 aliphatic rings. The van der Waals surface area contributed by atoms with Crippen LogP contribution in [0.1, 0.15) is 43.4 Å². The maximum atomic E-state index is 5.93. The maximum absolute atomic E-state index is 5.93. The Balaban J connectivity index is 2.07. The third kappa shape index (κ3) is 4.33. The van der Waals surface area contributed by atoms with E-state index in [0.29, 0.717) is 5.92 Å².